The van der Waals surface area contributed by atoms with Crippen molar-refractivity contribution >= 4 is 28.5 Å². The molecule has 1 aliphatic rings. The average Bonchev–Trinajstić information content (AvgIpc) is 3.52. The molecule has 6 nitrogen and oxygen atoms in total. The van der Waals surface area contributed by atoms with Gasteiger partial charge in [-0.15, -0.1) is 0 Å². The summed E-state index contributed by atoms with van der Waals surface area (Å²) in [7, 11) is 0. The molecule has 2 N–H and O–H groups in total. The van der Waals surface area contributed by atoms with Gasteiger partial charge >= 0.3 is 0 Å². The Morgan fingerprint density at radius 1 is 0.968 bits per heavy atom. The fourth-order valence-corrected chi connectivity index (χ4v) is 4.25. The van der Waals surface area contributed by atoms with E-state index in [-0.39, 0.29) is 5.82 Å². The van der Waals surface area contributed by atoms with Gasteiger partial charge in [0, 0.05) is 46.4 Å². The number of H-pyrrole nitrogens is 1. The number of rotatable bonds is 3. The van der Waals surface area contributed by atoms with Crippen LogP contribution in [0.3, 0.4) is 0 Å². The minimum atomic E-state index is -0.358. The number of hydrogen-bond donors (Lipinski definition) is 2. The van der Waals surface area contributed by atoms with Crippen molar-refractivity contribution in [2.75, 3.05) is 11.9 Å². The molecule has 0 saturated heterocycles. The van der Waals surface area contributed by atoms with Gasteiger partial charge in [-0.1, -0.05) is 17.7 Å². The number of hydrogen-bond acceptors (Lipinski definition) is 4. The Kier molecular flexibility index (Phi) is 4.04. The van der Waals surface area contributed by atoms with Crippen molar-refractivity contribution in [3.05, 3.63) is 72.0 Å². The summed E-state index contributed by atoms with van der Waals surface area (Å²) in [6, 6.07) is 12.5. The van der Waals surface area contributed by atoms with E-state index >= 15 is 0 Å². The lowest BCUT2D eigenvalue weighted by Gasteiger charge is -2.08. The molecule has 2 aromatic carbocycles. The van der Waals surface area contributed by atoms with Crippen molar-refractivity contribution in [1.29, 1.82) is 0 Å². The third-order valence-electron chi connectivity index (χ3n) is 5.56. The molecule has 0 bridgehead atoms. The number of anilines is 1. The molecule has 1 aliphatic heterocycles. The maximum atomic E-state index is 14.5. The Balaban J connectivity index is 1.46. The Hall–Kier alpha value is -3.71. The SMILES string of the molecule is Fc1ccc(Cl)cc1-c1[nH]cnc1-c1ccc2ncc(-c3cnc4n3CCN4)cc2c1. The topological polar surface area (TPSA) is 71.4 Å². The highest BCUT2D eigenvalue weighted by atomic mass is 35.5. The van der Waals surface area contributed by atoms with Crippen molar-refractivity contribution in [2.24, 2.45) is 0 Å². The first-order valence-electron chi connectivity index (χ1n) is 9.86. The van der Waals surface area contributed by atoms with Crippen LogP contribution in [-0.4, -0.2) is 31.0 Å². The van der Waals surface area contributed by atoms with E-state index in [1.807, 2.05) is 30.6 Å². The molecule has 6 rings (SSSR count). The lowest BCUT2D eigenvalue weighted by atomic mass is 10.0. The average molecular weight is 431 g/mol. The summed E-state index contributed by atoms with van der Waals surface area (Å²) in [5, 5.41) is 4.70. The molecule has 0 atom stereocenters. The molecule has 0 fully saturated rings. The van der Waals surface area contributed by atoms with Crippen LogP contribution in [0.1, 0.15) is 0 Å². The first kappa shape index (κ1) is 18.1. The Labute approximate surface area is 181 Å². The maximum Gasteiger partial charge on any atom is 0.203 e. The molecule has 8 heteroatoms. The van der Waals surface area contributed by atoms with Crippen molar-refractivity contribution in [1.82, 2.24) is 24.5 Å². The highest BCUT2D eigenvalue weighted by molar-refractivity contribution is 6.30. The number of nitrogens with zero attached hydrogens (tertiary/aromatic N) is 4. The number of pyridine rings is 1. The number of nitrogens with one attached hydrogen (secondary N) is 2. The van der Waals surface area contributed by atoms with E-state index in [0.29, 0.717) is 22.0 Å². The van der Waals surface area contributed by atoms with Crippen molar-refractivity contribution in [3.63, 3.8) is 0 Å². The Morgan fingerprint density at radius 2 is 1.87 bits per heavy atom. The highest BCUT2D eigenvalue weighted by Gasteiger charge is 2.18. The number of benzene rings is 2. The van der Waals surface area contributed by atoms with Crippen LogP contribution < -0.4 is 5.32 Å². The summed E-state index contributed by atoms with van der Waals surface area (Å²) in [6.45, 7) is 1.76. The van der Waals surface area contributed by atoms with Crippen LogP contribution in [0.5, 0.6) is 0 Å². The molecule has 0 saturated carbocycles. The zero-order valence-corrected chi connectivity index (χ0v) is 17.0. The number of aromatic nitrogens is 5. The normalized spacial score (nSPS) is 12.8. The summed E-state index contributed by atoms with van der Waals surface area (Å²) in [5.41, 5.74) is 5.39. The Bertz CT molecular complexity index is 1450. The molecule has 0 radical (unpaired) electrons. The molecule has 31 heavy (non-hydrogen) atoms. The number of halogens is 2. The zero-order valence-electron chi connectivity index (χ0n) is 16.2. The molecule has 0 amide bonds. The van der Waals surface area contributed by atoms with Crippen molar-refractivity contribution < 1.29 is 4.39 Å². The minimum Gasteiger partial charge on any atom is -0.354 e. The number of imidazole rings is 2. The molecule has 0 spiro atoms. The van der Waals surface area contributed by atoms with Crippen molar-refractivity contribution in [2.45, 2.75) is 6.54 Å². The second-order valence-corrected chi connectivity index (χ2v) is 7.86. The van der Waals surface area contributed by atoms with Gasteiger partial charge in [0.15, 0.2) is 0 Å². The van der Waals surface area contributed by atoms with E-state index in [1.54, 1.807) is 12.4 Å². The van der Waals surface area contributed by atoms with Crippen LogP contribution in [-0.2, 0) is 6.54 Å². The third-order valence-corrected chi connectivity index (χ3v) is 5.80. The third kappa shape index (κ3) is 2.97. The first-order chi connectivity index (χ1) is 15.2. The Morgan fingerprint density at radius 3 is 2.81 bits per heavy atom. The van der Waals surface area contributed by atoms with Gasteiger partial charge in [-0.2, -0.15) is 0 Å². The zero-order chi connectivity index (χ0) is 20.9. The van der Waals surface area contributed by atoms with Gasteiger partial charge in [-0.25, -0.2) is 14.4 Å². The van der Waals surface area contributed by atoms with Crippen LogP contribution in [0.15, 0.2) is 61.2 Å². The predicted molar refractivity (Wildman–Crippen MR) is 119 cm³/mol. The second-order valence-electron chi connectivity index (χ2n) is 7.43. The standard InChI is InChI=1S/C23H16ClFN6/c24-16-2-3-18(25)17(9-16)22-21(29-12-30-22)13-1-4-19-14(7-13)8-15(10-27-19)20-11-28-23-26-5-6-31(20)23/h1-4,7-12H,5-6H2,(H,26,28)(H,29,30). The minimum absolute atomic E-state index is 0.358. The fraction of sp³-hybridized carbons (Fsp3) is 0.0870. The summed E-state index contributed by atoms with van der Waals surface area (Å²) < 4.78 is 16.6. The van der Waals surface area contributed by atoms with Crippen LogP contribution in [0.2, 0.25) is 5.02 Å². The van der Waals surface area contributed by atoms with Gasteiger partial charge in [0.2, 0.25) is 5.95 Å². The second kappa shape index (κ2) is 6.92. The summed E-state index contributed by atoms with van der Waals surface area (Å²) in [4.78, 5) is 16.6. The fourth-order valence-electron chi connectivity index (χ4n) is 4.08. The van der Waals surface area contributed by atoms with Crippen LogP contribution >= 0.6 is 11.6 Å². The molecule has 5 aromatic rings. The van der Waals surface area contributed by atoms with E-state index in [0.717, 1.165) is 46.8 Å². The van der Waals surface area contributed by atoms with Crippen molar-refractivity contribution in [3.8, 4) is 33.8 Å². The van der Waals surface area contributed by atoms with E-state index in [1.165, 1.54) is 12.1 Å². The molecule has 4 heterocycles. The summed E-state index contributed by atoms with van der Waals surface area (Å²) in [6.07, 6.45) is 5.29. The number of aromatic amines is 1. The lowest BCUT2D eigenvalue weighted by Crippen LogP contribution is -1.96. The first-order valence-corrected chi connectivity index (χ1v) is 10.2. The lowest BCUT2D eigenvalue weighted by molar-refractivity contribution is 0.631. The summed E-state index contributed by atoms with van der Waals surface area (Å²) >= 11 is 6.10. The van der Waals surface area contributed by atoms with Gasteiger partial charge in [0.25, 0.3) is 0 Å². The predicted octanol–water partition coefficient (Wildman–Crippen LogP) is 5.37. The van der Waals surface area contributed by atoms with Crippen LogP contribution in [0.25, 0.3) is 44.7 Å². The number of fused-ring (bicyclic) bond motifs is 2. The highest BCUT2D eigenvalue weighted by Crippen LogP contribution is 2.34. The van der Waals surface area contributed by atoms with E-state index < -0.39 is 0 Å². The van der Waals surface area contributed by atoms with Gasteiger partial charge in [-0.3, -0.25) is 4.98 Å². The maximum absolute atomic E-state index is 14.5. The van der Waals surface area contributed by atoms with E-state index in [4.69, 9.17) is 11.6 Å². The molecule has 152 valence electrons. The largest absolute Gasteiger partial charge is 0.354 e. The van der Waals surface area contributed by atoms with Gasteiger partial charge in [-0.05, 0) is 36.4 Å². The smallest absolute Gasteiger partial charge is 0.203 e. The van der Waals surface area contributed by atoms with Gasteiger partial charge in [0.05, 0.1) is 35.1 Å². The molecule has 3 aromatic heterocycles. The quantitative estimate of drug-likeness (QED) is 0.403. The molecule has 0 aliphatic carbocycles. The molecule has 0 unspecified atom stereocenters. The van der Waals surface area contributed by atoms with Gasteiger partial charge < -0.3 is 14.9 Å². The summed E-state index contributed by atoms with van der Waals surface area (Å²) in [5.74, 6) is 0.524. The molecular weight excluding hydrogens is 415 g/mol. The van der Waals surface area contributed by atoms with Crippen LogP contribution in [0, 0.1) is 5.82 Å². The van der Waals surface area contributed by atoms with Crippen LogP contribution in [0.4, 0.5) is 10.3 Å². The van der Waals surface area contributed by atoms with E-state index in [2.05, 4.69) is 35.9 Å². The monoisotopic (exact) mass is 430 g/mol. The van der Waals surface area contributed by atoms with Gasteiger partial charge in [0.1, 0.15) is 5.82 Å². The van der Waals surface area contributed by atoms with E-state index in [9.17, 15) is 4.39 Å². The molecular formula is C23H16ClFN6.